The Bertz CT molecular complexity index is 472. The van der Waals surface area contributed by atoms with Crippen LogP contribution >= 0.6 is 0 Å². The number of carbonyl (C=O) groups excluding carboxylic acids is 2. The second-order valence-electron chi connectivity index (χ2n) is 5.21. The maximum atomic E-state index is 11.8. The molecule has 6 nitrogen and oxygen atoms in total. The highest BCUT2D eigenvalue weighted by molar-refractivity contribution is 5.81. The second-order valence-corrected chi connectivity index (χ2v) is 5.21. The third-order valence-corrected chi connectivity index (χ3v) is 3.56. The molecule has 0 spiro atoms. The lowest BCUT2D eigenvalue weighted by molar-refractivity contribution is -0.161. The summed E-state index contributed by atoms with van der Waals surface area (Å²) in [6.45, 7) is 1.61. The van der Waals surface area contributed by atoms with Gasteiger partial charge in [0.25, 0.3) is 5.91 Å². The maximum absolute atomic E-state index is 11.8. The van der Waals surface area contributed by atoms with Crippen molar-refractivity contribution in [2.24, 2.45) is 11.7 Å². The van der Waals surface area contributed by atoms with Gasteiger partial charge in [0.05, 0.1) is 0 Å². The van der Waals surface area contributed by atoms with E-state index in [0.29, 0.717) is 6.42 Å². The van der Waals surface area contributed by atoms with Gasteiger partial charge in [-0.15, -0.1) is 0 Å². The number of nitrogens with one attached hydrogen (secondary N) is 2. The van der Waals surface area contributed by atoms with E-state index in [0.717, 1.165) is 31.5 Å². The summed E-state index contributed by atoms with van der Waals surface area (Å²) in [5.74, 6) is -0.984. The molecule has 6 heteroatoms. The second kappa shape index (κ2) is 7.75. The van der Waals surface area contributed by atoms with Crippen LogP contribution in [0.5, 0.6) is 0 Å². The number of amides is 1. The van der Waals surface area contributed by atoms with Gasteiger partial charge in [-0.2, -0.15) is 5.48 Å². The smallest absolute Gasteiger partial charge is 0.339 e. The third kappa shape index (κ3) is 4.84. The fourth-order valence-electron chi connectivity index (χ4n) is 2.30. The van der Waals surface area contributed by atoms with E-state index in [2.05, 4.69) is 10.8 Å². The summed E-state index contributed by atoms with van der Waals surface area (Å²) < 4.78 is 0. The van der Waals surface area contributed by atoms with Crippen molar-refractivity contribution >= 4 is 11.9 Å². The molecule has 0 radical (unpaired) electrons. The molecule has 0 saturated carbocycles. The number of nitrogens with two attached hydrogens (primary N) is 1. The molecule has 1 saturated heterocycles. The van der Waals surface area contributed by atoms with Gasteiger partial charge in [-0.25, -0.2) is 4.79 Å². The van der Waals surface area contributed by atoms with E-state index in [9.17, 15) is 9.59 Å². The molecule has 1 atom stereocenters. The molecule has 2 rings (SSSR count). The van der Waals surface area contributed by atoms with E-state index >= 15 is 0 Å². The van der Waals surface area contributed by atoms with Crippen molar-refractivity contribution in [3.63, 3.8) is 0 Å². The molecule has 1 aliphatic heterocycles. The minimum Gasteiger partial charge on any atom is -0.339 e. The predicted molar refractivity (Wildman–Crippen MR) is 77.9 cm³/mol. The standard InChI is InChI=1S/C15H21N3O3/c16-13(10-11-4-2-1-3-5-11)15(20)21-18-14(19)12-6-8-17-9-7-12/h1-5,12-13,17H,6-10,16H2,(H,18,19)/t13-/m0/s1. The lowest BCUT2D eigenvalue weighted by Gasteiger charge is -2.21. The highest BCUT2D eigenvalue weighted by atomic mass is 16.7. The van der Waals surface area contributed by atoms with E-state index in [1.165, 1.54) is 0 Å². The Labute approximate surface area is 124 Å². The molecule has 1 aliphatic rings. The minimum atomic E-state index is -0.791. The summed E-state index contributed by atoms with van der Waals surface area (Å²) in [6, 6.07) is 8.65. The lowest BCUT2D eigenvalue weighted by Crippen LogP contribution is -2.42. The van der Waals surface area contributed by atoms with E-state index in [1.54, 1.807) is 0 Å². The third-order valence-electron chi connectivity index (χ3n) is 3.56. The van der Waals surface area contributed by atoms with Gasteiger partial charge in [-0.3, -0.25) is 4.79 Å². The fourth-order valence-corrected chi connectivity index (χ4v) is 2.30. The minimum absolute atomic E-state index is 0.107. The summed E-state index contributed by atoms with van der Waals surface area (Å²) in [4.78, 5) is 28.4. The van der Waals surface area contributed by atoms with Crippen LogP contribution in [0.3, 0.4) is 0 Å². The van der Waals surface area contributed by atoms with Crippen molar-refractivity contribution in [1.29, 1.82) is 0 Å². The van der Waals surface area contributed by atoms with Crippen molar-refractivity contribution in [3.05, 3.63) is 35.9 Å². The summed E-state index contributed by atoms with van der Waals surface area (Å²) in [5, 5.41) is 3.17. The average molecular weight is 291 g/mol. The Morgan fingerprint density at radius 3 is 2.62 bits per heavy atom. The molecule has 4 N–H and O–H groups in total. The van der Waals surface area contributed by atoms with Gasteiger partial charge in [0, 0.05) is 5.92 Å². The molecule has 0 bridgehead atoms. The number of hydroxylamine groups is 1. The lowest BCUT2D eigenvalue weighted by atomic mass is 9.98. The Morgan fingerprint density at radius 1 is 1.29 bits per heavy atom. The molecule has 0 aromatic heterocycles. The Balaban J connectivity index is 1.74. The zero-order valence-corrected chi connectivity index (χ0v) is 11.9. The van der Waals surface area contributed by atoms with Gasteiger partial charge in [0.2, 0.25) is 0 Å². The van der Waals surface area contributed by atoms with Crippen LogP contribution < -0.4 is 16.5 Å². The monoisotopic (exact) mass is 291 g/mol. The molecule has 1 aromatic carbocycles. The van der Waals surface area contributed by atoms with Gasteiger partial charge >= 0.3 is 5.97 Å². The van der Waals surface area contributed by atoms with Crippen molar-refractivity contribution in [2.45, 2.75) is 25.3 Å². The van der Waals surface area contributed by atoms with Crippen LogP contribution in [0, 0.1) is 5.92 Å². The van der Waals surface area contributed by atoms with Crippen molar-refractivity contribution in [3.8, 4) is 0 Å². The van der Waals surface area contributed by atoms with E-state index in [1.807, 2.05) is 30.3 Å². The molecule has 1 fully saturated rings. The first-order valence-corrected chi connectivity index (χ1v) is 7.17. The largest absolute Gasteiger partial charge is 0.349 e. The van der Waals surface area contributed by atoms with Crippen molar-refractivity contribution in [2.75, 3.05) is 13.1 Å². The van der Waals surface area contributed by atoms with Crippen molar-refractivity contribution in [1.82, 2.24) is 10.8 Å². The van der Waals surface area contributed by atoms with Gasteiger partial charge in [0.15, 0.2) is 0 Å². The van der Waals surface area contributed by atoms with E-state index < -0.39 is 12.0 Å². The average Bonchev–Trinajstić information content (AvgIpc) is 2.54. The summed E-state index contributed by atoms with van der Waals surface area (Å²) in [7, 11) is 0. The summed E-state index contributed by atoms with van der Waals surface area (Å²) >= 11 is 0. The Kier molecular flexibility index (Phi) is 5.71. The topological polar surface area (TPSA) is 93.5 Å². The van der Waals surface area contributed by atoms with Crippen LogP contribution in [0.25, 0.3) is 0 Å². The first-order chi connectivity index (χ1) is 10.2. The molecule has 1 heterocycles. The van der Waals surface area contributed by atoms with E-state index in [4.69, 9.17) is 10.6 Å². The van der Waals surface area contributed by atoms with Crippen LogP contribution in [-0.4, -0.2) is 31.0 Å². The molecule has 114 valence electrons. The molecule has 0 unspecified atom stereocenters. The molecule has 0 aliphatic carbocycles. The number of hydrogen-bond acceptors (Lipinski definition) is 5. The van der Waals surface area contributed by atoms with Gasteiger partial charge in [0.1, 0.15) is 6.04 Å². The van der Waals surface area contributed by atoms with E-state index in [-0.39, 0.29) is 11.8 Å². The van der Waals surface area contributed by atoms with Crippen LogP contribution in [0.15, 0.2) is 30.3 Å². The normalized spacial score (nSPS) is 17.0. The highest BCUT2D eigenvalue weighted by Gasteiger charge is 2.23. The van der Waals surface area contributed by atoms with Crippen molar-refractivity contribution < 1.29 is 14.4 Å². The van der Waals surface area contributed by atoms with Gasteiger partial charge in [-0.1, -0.05) is 30.3 Å². The maximum Gasteiger partial charge on any atom is 0.349 e. The number of carbonyl (C=O) groups is 2. The zero-order valence-electron chi connectivity index (χ0n) is 11.9. The van der Waals surface area contributed by atoms with Crippen LogP contribution in [0.4, 0.5) is 0 Å². The van der Waals surface area contributed by atoms with Crippen LogP contribution in [0.2, 0.25) is 0 Å². The van der Waals surface area contributed by atoms with Crippen LogP contribution in [-0.2, 0) is 20.8 Å². The molecule has 1 aromatic rings. The summed E-state index contributed by atoms with van der Waals surface area (Å²) in [5.41, 5.74) is 8.95. The number of rotatable bonds is 4. The number of piperidine rings is 1. The van der Waals surface area contributed by atoms with Gasteiger partial charge in [-0.05, 0) is 37.9 Å². The number of benzene rings is 1. The quantitative estimate of drug-likeness (QED) is 0.686. The Morgan fingerprint density at radius 2 is 1.95 bits per heavy atom. The molecular weight excluding hydrogens is 270 g/mol. The zero-order chi connectivity index (χ0) is 15.1. The number of hydrogen-bond donors (Lipinski definition) is 3. The first-order valence-electron chi connectivity index (χ1n) is 7.17. The SMILES string of the molecule is N[C@@H](Cc1ccccc1)C(=O)ONC(=O)C1CCNCC1. The fraction of sp³-hybridized carbons (Fsp3) is 0.467. The summed E-state index contributed by atoms with van der Waals surface area (Å²) in [6.07, 6.45) is 1.88. The van der Waals surface area contributed by atoms with Crippen LogP contribution in [0.1, 0.15) is 18.4 Å². The predicted octanol–water partition coefficient (Wildman–Crippen LogP) is 0.130. The highest BCUT2D eigenvalue weighted by Crippen LogP contribution is 2.11. The Hall–Kier alpha value is -1.92. The van der Waals surface area contributed by atoms with Gasteiger partial charge < -0.3 is 15.9 Å². The molecular formula is C15H21N3O3. The molecule has 21 heavy (non-hydrogen) atoms. The first kappa shape index (κ1) is 15.5. The molecule has 1 amide bonds.